The third-order valence-corrected chi connectivity index (χ3v) is 6.48. The van der Waals surface area contributed by atoms with Crippen LogP contribution in [0.3, 0.4) is 0 Å². The van der Waals surface area contributed by atoms with E-state index < -0.39 is 0 Å². The minimum absolute atomic E-state index is 0.0324. The predicted molar refractivity (Wildman–Crippen MR) is 88.5 cm³/mol. The van der Waals surface area contributed by atoms with Crippen molar-refractivity contribution in [3.63, 3.8) is 0 Å². The lowest BCUT2D eigenvalue weighted by atomic mass is 10.3. The van der Waals surface area contributed by atoms with Gasteiger partial charge in [-0.05, 0) is 12.5 Å². The lowest BCUT2D eigenvalue weighted by molar-refractivity contribution is -0.107. The summed E-state index contributed by atoms with van der Waals surface area (Å²) in [6.07, 6.45) is 5.12. The minimum Gasteiger partial charge on any atom is -0.282 e. The Labute approximate surface area is 131 Å². The molecule has 1 rings (SSSR count). The van der Waals surface area contributed by atoms with Crippen molar-refractivity contribution in [1.82, 2.24) is 10.2 Å². The number of rotatable bonds is 10. The Balaban J connectivity index is 2.15. The maximum atomic E-state index is 11.0. The zero-order valence-electron chi connectivity index (χ0n) is 11.0. The fraction of sp³-hybridized carbons (Fsp3) is 0.583. The van der Waals surface area contributed by atoms with E-state index in [1.54, 1.807) is 34.9 Å². The van der Waals surface area contributed by atoms with Gasteiger partial charge in [0.25, 0.3) is 0 Å². The van der Waals surface area contributed by atoms with Crippen molar-refractivity contribution < 1.29 is 4.79 Å². The first-order valence-electron chi connectivity index (χ1n) is 6.14. The summed E-state index contributed by atoms with van der Waals surface area (Å²) < 4.78 is 2.04. The Morgan fingerprint density at radius 2 is 1.89 bits per heavy atom. The third kappa shape index (κ3) is 8.02. The van der Waals surface area contributed by atoms with E-state index in [1.807, 2.05) is 0 Å². The molecule has 0 aromatic carbocycles. The number of thioether (sulfide) groups is 3. The average Bonchev–Trinajstić information content (AvgIpc) is 2.87. The molecule has 106 valence electrons. The lowest BCUT2D eigenvalue weighted by Crippen LogP contribution is -1.89. The van der Waals surface area contributed by atoms with E-state index >= 15 is 0 Å². The molecule has 0 bridgehead atoms. The molecule has 0 aliphatic heterocycles. The summed E-state index contributed by atoms with van der Waals surface area (Å²) >= 11 is 6.39. The van der Waals surface area contributed by atoms with Crippen LogP contribution in [0.4, 0.5) is 0 Å². The Hall–Kier alpha value is 0.0200. The molecule has 19 heavy (non-hydrogen) atoms. The number of hydrogen-bond donors (Lipinski definition) is 0. The fourth-order valence-electron chi connectivity index (χ4n) is 1.16. The maximum Gasteiger partial charge on any atom is 0.211 e. The molecule has 0 fully saturated rings. The molecule has 0 radical (unpaired) electrons. The molecular formula is C12H18N2OS4. The van der Waals surface area contributed by atoms with Gasteiger partial charge in [0.1, 0.15) is 0 Å². The summed E-state index contributed by atoms with van der Waals surface area (Å²) in [6, 6.07) is 0. The average molecular weight is 335 g/mol. The van der Waals surface area contributed by atoms with Crippen LogP contribution in [0, 0.1) is 0 Å². The Kier molecular flexibility index (Phi) is 9.67. The van der Waals surface area contributed by atoms with Crippen molar-refractivity contribution >= 4 is 51.7 Å². The maximum absolute atomic E-state index is 11.0. The number of nitrogens with zero attached hydrogens (tertiary/aromatic N) is 2. The van der Waals surface area contributed by atoms with Gasteiger partial charge in [0, 0.05) is 17.3 Å². The molecule has 0 unspecified atom stereocenters. The van der Waals surface area contributed by atoms with Gasteiger partial charge in [0.05, 0.1) is 0 Å². The second kappa shape index (κ2) is 10.8. The standard InChI is InChI=1S/C12H18N2OS4/c1-3-5-6-7-17-11-13-14-12(19-11)18-9-8-16-10(15)4-2/h4H,2-3,5-9H2,1H3. The smallest absolute Gasteiger partial charge is 0.211 e. The van der Waals surface area contributed by atoms with Crippen molar-refractivity contribution in [3.05, 3.63) is 12.7 Å². The van der Waals surface area contributed by atoms with Crippen LogP contribution >= 0.6 is 46.6 Å². The molecule has 1 aromatic heterocycles. The van der Waals surface area contributed by atoms with Crippen LogP contribution < -0.4 is 0 Å². The molecule has 0 saturated heterocycles. The highest BCUT2D eigenvalue weighted by atomic mass is 32.2. The Morgan fingerprint density at radius 3 is 2.53 bits per heavy atom. The molecule has 0 aliphatic rings. The van der Waals surface area contributed by atoms with E-state index in [0.717, 1.165) is 25.9 Å². The summed E-state index contributed by atoms with van der Waals surface area (Å²) in [4.78, 5) is 11.0. The van der Waals surface area contributed by atoms with Crippen LogP contribution in [0.1, 0.15) is 26.2 Å². The summed E-state index contributed by atoms with van der Waals surface area (Å²) in [7, 11) is 0. The Morgan fingerprint density at radius 1 is 1.21 bits per heavy atom. The van der Waals surface area contributed by atoms with Gasteiger partial charge in [0.2, 0.25) is 5.12 Å². The summed E-state index contributed by atoms with van der Waals surface area (Å²) in [6.45, 7) is 5.65. The molecule has 0 saturated carbocycles. The van der Waals surface area contributed by atoms with Crippen molar-refractivity contribution in [2.45, 2.75) is 34.9 Å². The van der Waals surface area contributed by atoms with Gasteiger partial charge >= 0.3 is 0 Å². The molecule has 0 N–H and O–H groups in total. The molecular weight excluding hydrogens is 316 g/mol. The molecule has 0 aliphatic carbocycles. The monoisotopic (exact) mass is 334 g/mol. The van der Waals surface area contributed by atoms with E-state index in [1.165, 1.54) is 37.1 Å². The molecule has 1 aromatic rings. The van der Waals surface area contributed by atoms with Crippen molar-refractivity contribution in [2.24, 2.45) is 0 Å². The number of unbranched alkanes of at least 4 members (excludes halogenated alkanes) is 2. The van der Waals surface area contributed by atoms with Gasteiger partial charge < -0.3 is 0 Å². The second-order valence-electron chi connectivity index (χ2n) is 3.61. The highest BCUT2D eigenvalue weighted by Gasteiger charge is 2.05. The summed E-state index contributed by atoms with van der Waals surface area (Å²) in [5, 5.41) is 8.35. The largest absolute Gasteiger partial charge is 0.282 e. The van der Waals surface area contributed by atoms with Crippen LogP contribution in [0.2, 0.25) is 0 Å². The van der Waals surface area contributed by atoms with E-state index in [4.69, 9.17) is 0 Å². The molecule has 0 amide bonds. The van der Waals surface area contributed by atoms with Gasteiger partial charge in [-0.15, -0.1) is 10.2 Å². The number of carbonyl (C=O) groups excluding carboxylic acids is 1. The van der Waals surface area contributed by atoms with Crippen LogP contribution in [0.5, 0.6) is 0 Å². The molecule has 0 atom stereocenters. The SMILES string of the molecule is C=CC(=O)SCCSc1nnc(SCCCCC)s1. The first kappa shape index (κ1) is 17.1. The van der Waals surface area contributed by atoms with E-state index in [-0.39, 0.29) is 5.12 Å². The first-order chi connectivity index (χ1) is 9.26. The quantitative estimate of drug-likeness (QED) is 0.360. The van der Waals surface area contributed by atoms with Crippen LogP contribution in [-0.4, -0.2) is 32.6 Å². The van der Waals surface area contributed by atoms with Gasteiger partial charge in [-0.25, -0.2) is 0 Å². The van der Waals surface area contributed by atoms with Crippen LogP contribution in [0.25, 0.3) is 0 Å². The van der Waals surface area contributed by atoms with E-state index in [2.05, 4.69) is 23.7 Å². The van der Waals surface area contributed by atoms with Crippen LogP contribution in [0.15, 0.2) is 21.3 Å². The highest BCUT2D eigenvalue weighted by molar-refractivity contribution is 8.14. The predicted octanol–water partition coefficient (Wildman–Crippen LogP) is 4.36. The van der Waals surface area contributed by atoms with Crippen molar-refractivity contribution in [1.29, 1.82) is 0 Å². The highest BCUT2D eigenvalue weighted by Crippen LogP contribution is 2.29. The Bertz CT molecular complexity index is 395. The lowest BCUT2D eigenvalue weighted by Gasteiger charge is -1.95. The molecule has 3 nitrogen and oxygen atoms in total. The number of aromatic nitrogens is 2. The zero-order valence-corrected chi connectivity index (χ0v) is 14.2. The first-order valence-corrected chi connectivity index (χ1v) is 9.92. The minimum atomic E-state index is 0.0324. The summed E-state index contributed by atoms with van der Waals surface area (Å²) in [5.74, 6) is 2.78. The van der Waals surface area contributed by atoms with Gasteiger partial charge in [-0.1, -0.05) is 73.0 Å². The zero-order chi connectivity index (χ0) is 13.9. The molecule has 7 heteroatoms. The van der Waals surface area contributed by atoms with Crippen molar-refractivity contribution in [3.8, 4) is 0 Å². The van der Waals surface area contributed by atoms with Gasteiger partial charge in [-0.2, -0.15) is 0 Å². The van der Waals surface area contributed by atoms with E-state index in [9.17, 15) is 4.79 Å². The third-order valence-electron chi connectivity index (χ3n) is 2.08. The number of carbonyl (C=O) groups is 1. The molecule has 1 heterocycles. The number of hydrogen-bond acceptors (Lipinski definition) is 7. The normalized spacial score (nSPS) is 10.6. The van der Waals surface area contributed by atoms with Crippen molar-refractivity contribution in [2.75, 3.05) is 17.3 Å². The fourth-order valence-corrected chi connectivity index (χ4v) is 4.95. The topological polar surface area (TPSA) is 42.9 Å². The van der Waals surface area contributed by atoms with Crippen LogP contribution in [-0.2, 0) is 4.79 Å². The van der Waals surface area contributed by atoms with Gasteiger partial charge in [-0.3, -0.25) is 4.79 Å². The molecule has 0 spiro atoms. The summed E-state index contributed by atoms with van der Waals surface area (Å²) in [5.41, 5.74) is 0. The second-order valence-corrected chi connectivity index (χ2v) is 8.37. The van der Waals surface area contributed by atoms with Gasteiger partial charge in [0.15, 0.2) is 8.68 Å². The van der Waals surface area contributed by atoms with E-state index in [0.29, 0.717) is 0 Å².